The van der Waals surface area contributed by atoms with E-state index in [1.165, 1.54) is 0 Å². The van der Waals surface area contributed by atoms with Gasteiger partial charge >= 0.3 is 5.97 Å². The molecule has 0 bridgehead atoms. The number of benzene rings is 2. The van der Waals surface area contributed by atoms with Gasteiger partial charge in [-0.2, -0.15) is 0 Å². The molecule has 0 spiro atoms. The van der Waals surface area contributed by atoms with Crippen molar-refractivity contribution >= 4 is 17.8 Å². The monoisotopic (exact) mass is 336 g/mol. The molecular weight excluding hydrogens is 320 g/mol. The van der Waals surface area contributed by atoms with Crippen molar-refractivity contribution in [3.05, 3.63) is 83.1 Å². The summed E-state index contributed by atoms with van der Waals surface area (Å²) in [6.45, 7) is 0.336. The van der Waals surface area contributed by atoms with Crippen LogP contribution in [0.15, 0.2) is 71.9 Å². The summed E-state index contributed by atoms with van der Waals surface area (Å²) in [6, 6.07) is 18.4. The predicted octanol–water partition coefficient (Wildman–Crippen LogP) is 1.43. The molecule has 0 radical (unpaired) electrons. The number of ether oxygens (including phenoxy) is 1. The molecule has 1 aliphatic heterocycles. The Balaban J connectivity index is 1.72. The molecule has 0 saturated carbocycles. The molecule has 0 fully saturated rings. The zero-order valence-corrected chi connectivity index (χ0v) is 13.3. The molecule has 2 amide bonds. The van der Waals surface area contributed by atoms with Crippen LogP contribution in [0.2, 0.25) is 0 Å². The zero-order chi connectivity index (χ0) is 17.6. The minimum atomic E-state index is -0.831. The third-order valence-corrected chi connectivity index (χ3v) is 3.66. The number of amides is 2. The Morgan fingerprint density at radius 2 is 1.48 bits per heavy atom. The van der Waals surface area contributed by atoms with E-state index in [-0.39, 0.29) is 17.9 Å². The molecule has 0 atom stereocenters. The first kappa shape index (κ1) is 16.4. The smallest absolute Gasteiger partial charge is 0.346 e. The van der Waals surface area contributed by atoms with Crippen LogP contribution in [0.4, 0.5) is 0 Å². The molecular formula is C19H16N2O4. The summed E-state index contributed by atoms with van der Waals surface area (Å²) in [4.78, 5) is 36.1. The quantitative estimate of drug-likeness (QED) is 0.474. The Morgan fingerprint density at radius 1 is 0.880 bits per heavy atom. The summed E-state index contributed by atoms with van der Waals surface area (Å²) in [5.41, 5.74) is 1.35. The van der Waals surface area contributed by atoms with E-state index in [0.29, 0.717) is 6.54 Å². The normalized spacial score (nSPS) is 13.6. The highest BCUT2D eigenvalue weighted by atomic mass is 16.5. The molecule has 1 aliphatic rings. The molecule has 6 nitrogen and oxygen atoms in total. The zero-order valence-electron chi connectivity index (χ0n) is 13.3. The van der Waals surface area contributed by atoms with Gasteiger partial charge in [0.15, 0.2) is 5.57 Å². The van der Waals surface area contributed by atoms with Crippen LogP contribution in [-0.2, 0) is 32.3 Å². The van der Waals surface area contributed by atoms with Crippen LogP contribution in [0, 0.1) is 0 Å². The lowest BCUT2D eigenvalue weighted by atomic mass is 10.2. The number of hydrogen-bond acceptors (Lipinski definition) is 5. The summed E-state index contributed by atoms with van der Waals surface area (Å²) in [6.07, 6.45) is 0. The first-order valence-electron chi connectivity index (χ1n) is 7.74. The molecule has 0 saturated heterocycles. The van der Waals surface area contributed by atoms with E-state index in [0.717, 1.165) is 11.1 Å². The third-order valence-electron chi connectivity index (χ3n) is 3.66. The lowest BCUT2D eigenvalue weighted by molar-refractivity contribution is -0.141. The Labute approximate surface area is 144 Å². The Morgan fingerprint density at radius 3 is 2.12 bits per heavy atom. The highest BCUT2D eigenvalue weighted by Crippen LogP contribution is 2.14. The fraction of sp³-hybridized carbons (Fsp3) is 0.105. The van der Waals surface area contributed by atoms with E-state index in [2.05, 4.69) is 10.6 Å². The van der Waals surface area contributed by atoms with E-state index >= 15 is 0 Å². The minimum Gasteiger partial charge on any atom is -0.457 e. The molecule has 1 heterocycles. The number of carbonyl (C=O) groups is 3. The van der Waals surface area contributed by atoms with Gasteiger partial charge in [0.25, 0.3) is 11.8 Å². The first-order chi connectivity index (χ1) is 12.1. The van der Waals surface area contributed by atoms with Gasteiger partial charge in [0.05, 0.1) is 0 Å². The van der Waals surface area contributed by atoms with E-state index in [9.17, 15) is 14.4 Å². The number of esters is 1. The minimum absolute atomic E-state index is 0.0244. The third kappa shape index (κ3) is 3.92. The van der Waals surface area contributed by atoms with E-state index in [1.54, 1.807) is 12.1 Å². The fourth-order valence-corrected chi connectivity index (χ4v) is 2.40. The Hall–Kier alpha value is -3.41. The predicted molar refractivity (Wildman–Crippen MR) is 89.7 cm³/mol. The molecule has 2 aromatic carbocycles. The summed E-state index contributed by atoms with van der Waals surface area (Å²) < 4.78 is 5.16. The number of imide groups is 1. The van der Waals surface area contributed by atoms with Gasteiger partial charge in [-0.15, -0.1) is 0 Å². The van der Waals surface area contributed by atoms with Gasteiger partial charge in [-0.3, -0.25) is 14.9 Å². The van der Waals surface area contributed by atoms with Gasteiger partial charge in [-0.1, -0.05) is 60.7 Å². The molecule has 0 unspecified atom stereocenters. The summed E-state index contributed by atoms with van der Waals surface area (Å²) in [7, 11) is 0. The van der Waals surface area contributed by atoms with Gasteiger partial charge in [0.2, 0.25) is 0 Å². The van der Waals surface area contributed by atoms with Crippen molar-refractivity contribution in [2.24, 2.45) is 0 Å². The van der Waals surface area contributed by atoms with Crippen LogP contribution in [0.5, 0.6) is 0 Å². The number of nitrogens with one attached hydrogen (secondary N) is 2. The van der Waals surface area contributed by atoms with Crippen molar-refractivity contribution in [2.75, 3.05) is 0 Å². The van der Waals surface area contributed by atoms with Crippen molar-refractivity contribution in [2.45, 2.75) is 13.2 Å². The average molecular weight is 336 g/mol. The second-order valence-corrected chi connectivity index (χ2v) is 5.43. The maximum absolute atomic E-state index is 12.3. The molecule has 3 rings (SSSR count). The van der Waals surface area contributed by atoms with Crippen molar-refractivity contribution < 1.29 is 19.1 Å². The highest BCUT2D eigenvalue weighted by Gasteiger charge is 2.36. The van der Waals surface area contributed by atoms with Crippen LogP contribution in [0.1, 0.15) is 11.1 Å². The standard InChI is InChI=1S/C19H16N2O4/c22-17-15(19(24)25-12-14-9-5-2-6-10-14)16(18(23)21-17)20-11-13-7-3-1-4-8-13/h1-10H,11-12H2,(H2,20,21,22,23). The summed E-state index contributed by atoms with van der Waals surface area (Å²) in [5.74, 6) is -2.21. The topological polar surface area (TPSA) is 84.5 Å². The Bertz CT molecular complexity index is 829. The molecule has 0 aliphatic carbocycles. The van der Waals surface area contributed by atoms with Crippen molar-refractivity contribution in [1.29, 1.82) is 0 Å². The molecule has 126 valence electrons. The maximum atomic E-state index is 12.3. The first-order valence-corrected chi connectivity index (χ1v) is 7.74. The lowest BCUT2D eigenvalue weighted by Gasteiger charge is -2.08. The lowest BCUT2D eigenvalue weighted by Crippen LogP contribution is -2.27. The number of hydrogen-bond donors (Lipinski definition) is 2. The van der Waals surface area contributed by atoms with Gasteiger partial charge in [-0.05, 0) is 11.1 Å². The molecule has 2 N–H and O–H groups in total. The summed E-state index contributed by atoms with van der Waals surface area (Å²) in [5, 5.41) is 4.97. The van der Waals surface area contributed by atoms with Crippen molar-refractivity contribution in [3.63, 3.8) is 0 Å². The van der Waals surface area contributed by atoms with Gasteiger partial charge < -0.3 is 10.1 Å². The van der Waals surface area contributed by atoms with Crippen molar-refractivity contribution in [1.82, 2.24) is 10.6 Å². The fourth-order valence-electron chi connectivity index (χ4n) is 2.40. The molecule has 2 aromatic rings. The SMILES string of the molecule is O=C1NC(=O)C(C(=O)OCc2ccccc2)=C1NCc1ccccc1. The van der Waals surface area contributed by atoms with E-state index < -0.39 is 17.8 Å². The van der Waals surface area contributed by atoms with E-state index in [1.807, 2.05) is 48.5 Å². The number of rotatable bonds is 6. The molecule has 25 heavy (non-hydrogen) atoms. The molecule has 6 heteroatoms. The Kier molecular flexibility index (Phi) is 4.89. The van der Waals surface area contributed by atoms with Gasteiger partial charge in [-0.25, -0.2) is 4.79 Å². The van der Waals surface area contributed by atoms with Crippen LogP contribution >= 0.6 is 0 Å². The maximum Gasteiger partial charge on any atom is 0.346 e. The largest absolute Gasteiger partial charge is 0.457 e. The van der Waals surface area contributed by atoms with Crippen LogP contribution in [-0.4, -0.2) is 17.8 Å². The highest BCUT2D eigenvalue weighted by molar-refractivity contribution is 6.30. The van der Waals surface area contributed by atoms with Gasteiger partial charge in [0, 0.05) is 6.54 Å². The van der Waals surface area contributed by atoms with E-state index in [4.69, 9.17) is 4.74 Å². The molecule has 0 aromatic heterocycles. The van der Waals surface area contributed by atoms with Crippen molar-refractivity contribution in [3.8, 4) is 0 Å². The van der Waals surface area contributed by atoms with Crippen LogP contribution < -0.4 is 10.6 Å². The average Bonchev–Trinajstić information content (AvgIpc) is 2.93. The summed E-state index contributed by atoms with van der Waals surface area (Å²) >= 11 is 0. The van der Waals surface area contributed by atoms with Gasteiger partial charge in [0.1, 0.15) is 12.3 Å². The second kappa shape index (κ2) is 7.44. The number of carbonyl (C=O) groups excluding carboxylic acids is 3. The van der Waals surface area contributed by atoms with Crippen LogP contribution in [0.25, 0.3) is 0 Å². The second-order valence-electron chi connectivity index (χ2n) is 5.43. The van der Waals surface area contributed by atoms with Crippen LogP contribution in [0.3, 0.4) is 0 Å².